The Bertz CT molecular complexity index is 336. The van der Waals surface area contributed by atoms with Crippen molar-refractivity contribution in [2.24, 2.45) is 0 Å². The number of aliphatic carboxylic acids is 1. The fraction of sp³-hybridized carbons (Fsp3) is 0.889. The van der Waals surface area contributed by atoms with Crippen molar-refractivity contribution in [2.75, 3.05) is 26.0 Å². The minimum atomic E-state index is -3.61. The van der Waals surface area contributed by atoms with Crippen molar-refractivity contribution in [3.8, 4) is 0 Å². The average molecular weight is 253 g/mol. The minimum absolute atomic E-state index is 0.0501. The molecule has 0 atom stereocenters. The van der Waals surface area contributed by atoms with Gasteiger partial charge in [-0.2, -0.15) is 4.31 Å². The summed E-state index contributed by atoms with van der Waals surface area (Å²) in [7, 11) is -2.21. The highest BCUT2D eigenvalue weighted by molar-refractivity contribution is 7.89. The molecule has 0 aliphatic rings. The molecule has 0 fully saturated rings. The minimum Gasteiger partial charge on any atom is -0.480 e. The van der Waals surface area contributed by atoms with E-state index in [1.807, 2.05) is 0 Å². The molecule has 0 aliphatic carbocycles. The summed E-state index contributed by atoms with van der Waals surface area (Å²) in [6.45, 7) is 4.50. The van der Waals surface area contributed by atoms with Crippen molar-refractivity contribution in [1.29, 1.82) is 0 Å². The lowest BCUT2D eigenvalue weighted by Crippen LogP contribution is -2.53. The van der Waals surface area contributed by atoms with E-state index < -0.39 is 21.5 Å². The maximum Gasteiger partial charge on any atom is 0.324 e. The van der Waals surface area contributed by atoms with E-state index in [0.717, 1.165) is 4.31 Å². The van der Waals surface area contributed by atoms with Crippen molar-refractivity contribution in [2.45, 2.75) is 26.3 Å². The molecule has 0 amide bonds. The molecule has 0 saturated heterocycles. The standard InChI is InChI=1S/C9H19NO5S/c1-5-10(9(2,3)8(11)12)16(13,14)7-6-15-4/h5-7H2,1-4H3,(H,11,12). The van der Waals surface area contributed by atoms with Gasteiger partial charge in [0.15, 0.2) is 0 Å². The Morgan fingerprint density at radius 2 is 1.94 bits per heavy atom. The normalized spacial score (nSPS) is 13.1. The monoisotopic (exact) mass is 253 g/mol. The number of likely N-dealkylation sites (N-methyl/N-ethyl adjacent to an activating group) is 1. The summed E-state index contributed by atoms with van der Waals surface area (Å²) in [4.78, 5) is 11.0. The van der Waals surface area contributed by atoms with Crippen LogP contribution < -0.4 is 0 Å². The third kappa shape index (κ3) is 3.43. The van der Waals surface area contributed by atoms with Gasteiger partial charge >= 0.3 is 5.97 Å². The number of sulfonamides is 1. The van der Waals surface area contributed by atoms with Crippen LogP contribution in [0.4, 0.5) is 0 Å². The zero-order valence-electron chi connectivity index (χ0n) is 10.1. The molecular formula is C9H19NO5S. The van der Waals surface area contributed by atoms with Gasteiger partial charge < -0.3 is 9.84 Å². The van der Waals surface area contributed by atoms with Gasteiger partial charge in [-0.15, -0.1) is 0 Å². The molecule has 0 radical (unpaired) electrons. The van der Waals surface area contributed by atoms with Gasteiger partial charge in [0.25, 0.3) is 0 Å². The first kappa shape index (κ1) is 15.3. The number of hydrogen-bond acceptors (Lipinski definition) is 4. The molecule has 0 rings (SSSR count). The van der Waals surface area contributed by atoms with Gasteiger partial charge in [-0.05, 0) is 13.8 Å². The summed E-state index contributed by atoms with van der Waals surface area (Å²) in [6.07, 6.45) is 0. The first-order chi connectivity index (χ1) is 7.20. The molecule has 0 aliphatic heterocycles. The predicted molar refractivity (Wildman–Crippen MR) is 59.8 cm³/mol. The van der Waals surface area contributed by atoms with Crippen molar-refractivity contribution >= 4 is 16.0 Å². The number of rotatable bonds is 7. The van der Waals surface area contributed by atoms with E-state index in [9.17, 15) is 13.2 Å². The molecule has 0 saturated carbocycles. The highest BCUT2D eigenvalue weighted by Gasteiger charge is 2.40. The first-order valence-corrected chi connectivity index (χ1v) is 6.54. The topological polar surface area (TPSA) is 83.9 Å². The number of carboxylic acid groups (broad SMARTS) is 1. The predicted octanol–water partition coefficient (Wildman–Crippen LogP) is 0.148. The smallest absolute Gasteiger partial charge is 0.324 e. The summed E-state index contributed by atoms with van der Waals surface area (Å²) < 4.78 is 29.4. The quantitative estimate of drug-likeness (QED) is 0.698. The lowest BCUT2D eigenvalue weighted by molar-refractivity contribution is -0.146. The zero-order valence-corrected chi connectivity index (χ0v) is 10.9. The number of ether oxygens (including phenoxy) is 1. The third-order valence-corrected chi connectivity index (χ3v) is 4.38. The summed E-state index contributed by atoms with van der Waals surface area (Å²) in [5.41, 5.74) is -1.44. The molecule has 0 heterocycles. The van der Waals surface area contributed by atoms with E-state index in [1.165, 1.54) is 21.0 Å². The van der Waals surface area contributed by atoms with Gasteiger partial charge in [-0.1, -0.05) is 6.92 Å². The van der Waals surface area contributed by atoms with Gasteiger partial charge in [0.2, 0.25) is 10.0 Å². The van der Waals surface area contributed by atoms with E-state index in [4.69, 9.17) is 9.84 Å². The average Bonchev–Trinajstić information content (AvgIpc) is 2.14. The molecule has 0 aromatic rings. The van der Waals surface area contributed by atoms with Crippen LogP contribution in [0.2, 0.25) is 0 Å². The maximum absolute atomic E-state index is 11.9. The number of nitrogens with zero attached hydrogens (tertiary/aromatic N) is 1. The van der Waals surface area contributed by atoms with Crippen LogP contribution in [0, 0.1) is 0 Å². The number of carbonyl (C=O) groups is 1. The van der Waals surface area contributed by atoms with E-state index in [1.54, 1.807) is 6.92 Å². The van der Waals surface area contributed by atoms with Crippen LogP contribution in [0.25, 0.3) is 0 Å². The molecule has 0 aromatic heterocycles. The van der Waals surface area contributed by atoms with Crippen LogP contribution in [0.5, 0.6) is 0 Å². The summed E-state index contributed by atoms with van der Waals surface area (Å²) in [6, 6.07) is 0. The van der Waals surface area contributed by atoms with Crippen LogP contribution in [0.1, 0.15) is 20.8 Å². The van der Waals surface area contributed by atoms with Crippen molar-refractivity contribution in [3.63, 3.8) is 0 Å². The summed E-state index contributed by atoms with van der Waals surface area (Å²) in [5.74, 6) is -1.39. The van der Waals surface area contributed by atoms with E-state index in [2.05, 4.69) is 0 Å². The zero-order chi connectivity index (χ0) is 13.0. The Hall–Kier alpha value is -0.660. The summed E-state index contributed by atoms with van der Waals surface area (Å²) >= 11 is 0. The number of carboxylic acids is 1. The van der Waals surface area contributed by atoms with Crippen LogP contribution >= 0.6 is 0 Å². The Morgan fingerprint density at radius 1 is 1.44 bits per heavy atom. The molecular weight excluding hydrogens is 234 g/mol. The second-order valence-electron chi connectivity index (χ2n) is 3.84. The van der Waals surface area contributed by atoms with Crippen molar-refractivity contribution in [3.05, 3.63) is 0 Å². The highest BCUT2D eigenvalue weighted by atomic mass is 32.2. The van der Waals surface area contributed by atoms with Crippen LogP contribution in [0.3, 0.4) is 0 Å². The van der Waals surface area contributed by atoms with Crippen LogP contribution in [0.15, 0.2) is 0 Å². The fourth-order valence-electron chi connectivity index (χ4n) is 1.35. The lowest BCUT2D eigenvalue weighted by Gasteiger charge is -2.32. The van der Waals surface area contributed by atoms with Gasteiger partial charge in [0.05, 0.1) is 12.4 Å². The van der Waals surface area contributed by atoms with Crippen LogP contribution in [-0.2, 0) is 19.6 Å². The lowest BCUT2D eigenvalue weighted by atomic mass is 10.1. The van der Waals surface area contributed by atoms with Crippen molar-refractivity contribution in [1.82, 2.24) is 4.31 Å². The van der Waals surface area contributed by atoms with Crippen molar-refractivity contribution < 1.29 is 23.1 Å². The Labute approximate surface area is 96.2 Å². The molecule has 6 nitrogen and oxygen atoms in total. The molecule has 7 heteroatoms. The second-order valence-corrected chi connectivity index (χ2v) is 5.85. The Kier molecular flexibility index (Phi) is 5.37. The Balaban J connectivity index is 5.07. The van der Waals surface area contributed by atoms with Gasteiger partial charge in [-0.25, -0.2) is 8.42 Å². The molecule has 96 valence electrons. The van der Waals surface area contributed by atoms with E-state index >= 15 is 0 Å². The van der Waals surface area contributed by atoms with Gasteiger partial charge in [-0.3, -0.25) is 4.79 Å². The van der Waals surface area contributed by atoms with E-state index in [-0.39, 0.29) is 18.9 Å². The number of hydrogen-bond donors (Lipinski definition) is 1. The first-order valence-electron chi connectivity index (χ1n) is 4.93. The SMILES string of the molecule is CCN(C(C)(C)C(=O)O)S(=O)(=O)CCOC. The molecule has 0 bridgehead atoms. The summed E-state index contributed by atoms with van der Waals surface area (Å²) in [5, 5.41) is 8.99. The third-order valence-electron chi connectivity index (χ3n) is 2.32. The molecule has 0 aromatic carbocycles. The number of methoxy groups -OCH3 is 1. The van der Waals surface area contributed by atoms with Gasteiger partial charge in [0, 0.05) is 13.7 Å². The largest absolute Gasteiger partial charge is 0.480 e. The fourth-order valence-corrected chi connectivity index (χ4v) is 3.11. The van der Waals surface area contributed by atoms with Gasteiger partial charge in [0.1, 0.15) is 5.54 Å². The molecule has 16 heavy (non-hydrogen) atoms. The molecule has 1 N–H and O–H groups in total. The maximum atomic E-state index is 11.9. The second kappa shape index (κ2) is 5.60. The van der Waals surface area contributed by atoms with E-state index in [0.29, 0.717) is 0 Å². The molecule has 0 spiro atoms. The van der Waals surface area contributed by atoms with Crippen LogP contribution in [-0.4, -0.2) is 55.4 Å². The molecule has 0 unspecified atom stereocenters. The highest BCUT2D eigenvalue weighted by Crippen LogP contribution is 2.19. The Morgan fingerprint density at radius 3 is 2.25 bits per heavy atom.